The Balaban J connectivity index is 2.71. The Morgan fingerprint density at radius 3 is 2.80 bits per heavy atom. The molecule has 0 spiro atoms. The first-order valence-electron chi connectivity index (χ1n) is 4.37. The maximum atomic E-state index is 10.4. The number of carbonyl (C=O) groups is 1. The van der Waals surface area contributed by atoms with E-state index in [0.29, 0.717) is 12.1 Å². The van der Waals surface area contributed by atoms with Crippen molar-refractivity contribution in [2.45, 2.75) is 6.54 Å². The van der Waals surface area contributed by atoms with E-state index in [1.54, 1.807) is 30.1 Å². The largest absolute Gasteiger partial charge is 0.508 e. The van der Waals surface area contributed by atoms with E-state index in [-0.39, 0.29) is 12.3 Å². The molecule has 1 aromatic rings. The van der Waals surface area contributed by atoms with Gasteiger partial charge in [-0.3, -0.25) is 9.69 Å². The third-order valence-electron chi connectivity index (χ3n) is 1.89. The van der Waals surface area contributed by atoms with Crippen molar-refractivity contribution in [1.82, 2.24) is 4.90 Å². The van der Waals surface area contributed by atoms with Crippen LogP contribution in [0.15, 0.2) is 22.7 Å². The molecule has 0 aliphatic rings. The predicted molar refractivity (Wildman–Crippen MR) is 59.8 cm³/mol. The third kappa shape index (κ3) is 3.89. The number of nitrogens with zero attached hydrogens (tertiary/aromatic N) is 1. The van der Waals surface area contributed by atoms with Gasteiger partial charge < -0.3 is 10.2 Å². The number of carboxylic acids is 1. The molecule has 82 valence electrons. The van der Waals surface area contributed by atoms with Crippen LogP contribution in [-0.2, 0) is 11.3 Å². The first-order chi connectivity index (χ1) is 6.99. The summed E-state index contributed by atoms with van der Waals surface area (Å²) in [5.41, 5.74) is 0.702. The SMILES string of the molecule is CN(CC(=O)O)Cc1cc(Br)ccc1O. The van der Waals surface area contributed by atoms with Gasteiger partial charge in [-0.2, -0.15) is 0 Å². The van der Waals surface area contributed by atoms with Gasteiger partial charge in [-0.05, 0) is 25.2 Å². The number of aliphatic carboxylic acids is 1. The molecule has 0 heterocycles. The van der Waals surface area contributed by atoms with Gasteiger partial charge in [0.15, 0.2) is 0 Å². The number of phenols is 1. The van der Waals surface area contributed by atoms with E-state index in [1.807, 2.05) is 0 Å². The molecule has 0 unspecified atom stereocenters. The molecule has 15 heavy (non-hydrogen) atoms. The summed E-state index contributed by atoms with van der Waals surface area (Å²) in [6.07, 6.45) is 0. The molecule has 0 fully saturated rings. The molecule has 0 saturated carbocycles. The Bertz CT molecular complexity index is 368. The summed E-state index contributed by atoms with van der Waals surface area (Å²) in [6.45, 7) is 0.351. The number of rotatable bonds is 4. The lowest BCUT2D eigenvalue weighted by Crippen LogP contribution is -2.25. The highest BCUT2D eigenvalue weighted by Gasteiger charge is 2.08. The highest BCUT2D eigenvalue weighted by molar-refractivity contribution is 9.10. The third-order valence-corrected chi connectivity index (χ3v) is 2.38. The predicted octanol–water partition coefficient (Wildman–Crippen LogP) is 1.67. The first-order valence-corrected chi connectivity index (χ1v) is 5.16. The number of hydrogen-bond donors (Lipinski definition) is 2. The minimum atomic E-state index is -0.882. The molecule has 0 radical (unpaired) electrons. The zero-order valence-corrected chi connectivity index (χ0v) is 9.86. The van der Waals surface area contributed by atoms with Crippen molar-refractivity contribution in [3.05, 3.63) is 28.2 Å². The molecule has 0 atom stereocenters. The maximum Gasteiger partial charge on any atom is 0.317 e. The number of halogens is 1. The lowest BCUT2D eigenvalue weighted by Gasteiger charge is -2.14. The Hall–Kier alpha value is -1.07. The van der Waals surface area contributed by atoms with E-state index >= 15 is 0 Å². The summed E-state index contributed by atoms with van der Waals surface area (Å²) in [7, 11) is 1.69. The Morgan fingerprint density at radius 1 is 1.53 bits per heavy atom. The lowest BCUT2D eigenvalue weighted by atomic mass is 10.2. The molecule has 0 aliphatic carbocycles. The molecule has 0 aromatic heterocycles. The highest BCUT2D eigenvalue weighted by atomic mass is 79.9. The fourth-order valence-corrected chi connectivity index (χ4v) is 1.67. The normalized spacial score (nSPS) is 10.6. The van der Waals surface area contributed by atoms with Gasteiger partial charge in [0.2, 0.25) is 0 Å². The van der Waals surface area contributed by atoms with Crippen LogP contribution in [0.5, 0.6) is 5.75 Å². The monoisotopic (exact) mass is 273 g/mol. The van der Waals surface area contributed by atoms with Crippen LogP contribution in [0.2, 0.25) is 0 Å². The Morgan fingerprint density at radius 2 is 2.20 bits per heavy atom. The summed E-state index contributed by atoms with van der Waals surface area (Å²) < 4.78 is 0.860. The van der Waals surface area contributed by atoms with Crippen LogP contribution in [0.25, 0.3) is 0 Å². The van der Waals surface area contributed by atoms with Gasteiger partial charge in [0.05, 0.1) is 6.54 Å². The topological polar surface area (TPSA) is 60.8 Å². The van der Waals surface area contributed by atoms with E-state index in [9.17, 15) is 9.90 Å². The van der Waals surface area contributed by atoms with Gasteiger partial charge in [-0.1, -0.05) is 15.9 Å². The zero-order valence-electron chi connectivity index (χ0n) is 8.27. The van der Waals surface area contributed by atoms with Gasteiger partial charge in [0, 0.05) is 16.6 Å². The standard InChI is InChI=1S/C10H12BrNO3/c1-12(6-10(14)15)5-7-4-8(11)2-3-9(7)13/h2-4,13H,5-6H2,1H3,(H,14,15). The molecular formula is C10H12BrNO3. The minimum absolute atomic E-state index is 0.0496. The van der Waals surface area contributed by atoms with Crippen LogP contribution in [0.4, 0.5) is 0 Å². The van der Waals surface area contributed by atoms with Gasteiger partial charge in [0.25, 0.3) is 0 Å². The lowest BCUT2D eigenvalue weighted by molar-refractivity contribution is -0.138. The quantitative estimate of drug-likeness (QED) is 0.876. The minimum Gasteiger partial charge on any atom is -0.508 e. The van der Waals surface area contributed by atoms with Gasteiger partial charge in [-0.15, -0.1) is 0 Å². The summed E-state index contributed by atoms with van der Waals surface area (Å²) in [5, 5.41) is 18.1. The Labute approximate surface area is 96.3 Å². The number of aromatic hydroxyl groups is 1. The average Bonchev–Trinajstić information content (AvgIpc) is 2.10. The summed E-state index contributed by atoms with van der Waals surface area (Å²) >= 11 is 3.29. The van der Waals surface area contributed by atoms with E-state index in [2.05, 4.69) is 15.9 Å². The molecule has 0 aliphatic heterocycles. The average molecular weight is 274 g/mol. The van der Waals surface area contributed by atoms with Crippen LogP contribution in [-0.4, -0.2) is 34.7 Å². The molecular weight excluding hydrogens is 262 g/mol. The van der Waals surface area contributed by atoms with Crippen molar-refractivity contribution in [2.75, 3.05) is 13.6 Å². The van der Waals surface area contributed by atoms with Gasteiger partial charge in [-0.25, -0.2) is 0 Å². The van der Waals surface area contributed by atoms with Crippen LogP contribution in [0.3, 0.4) is 0 Å². The molecule has 1 aromatic carbocycles. The van der Waals surface area contributed by atoms with E-state index in [1.165, 1.54) is 0 Å². The summed E-state index contributed by atoms with van der Waals surface area (Å²) in [6, 6.07) is 5.08. The van der Waals surface area contributed by atoms with E-state index in [0.717, 1.165) is 4.47 Å². The maximum absolute atomic E-state index is 10.4. The summed E-state index contributed by atoms with van der Waals surface area (Å²) in [4.78, 5) is 12.1. The molecule has 1 rings (SSSR count). The second kappa shape index (κ2) is 5.14. The van der Waals surface area contributed by atoms with Crippen LogP contribution in [0.1, 0.15) is 5.56 Å². The molecule has 2 N–H and O–H groups in total. The zero-order chi connectivity index (χ0) is 11.4. The van der Waals surface area contributed by atoms with Gasteiger partial charge >= 0.3 is 5.97 Å². The number of benzene rings is 1. The van der Waals surface area contributed by atoms with Crippen molar-refractivity contribution in [3.63, 3.8) is 0 Å². The first kappa shape index (κ1) is 12.0. The molecule has 4 nitrogen and oxygen atoms in total. The van der Waals surface area contributed by atoms with Crippen LogP contribution < -0.4 is 0 Å². The molecule has 5 heteroatoms. The van der Waals surface area contributed by atoms with Gasteiger partial charge in [0.1, 0.15) is 5.75 Å². The van der Waals surface area contributed by atoms with Crippen LogP contribution in [0, 0.1) is 0 Å². The summed E-state index contributed by atoms with van der Waals surface area (Å²) in [5.74, 6) is -0.706. The van der Waals surface area contributed by atoms with E-state index in [4.69, 9.17) is 5.11 Å². The fourth-order valence-electron chi connectivity index (χ4n) is 1.26. The Kier molecular flexibility index (Phi) is 4.11. The van der Waals surface area contributed by atoms with E-state index < -0.39 is 5.97 Å². The van der Waals surface area contributed by atoms with Crippen molar-refractivity contribution in [3.8, 4) is 5.75 Å². The molecule has 0 bridgehead atoms. The molecule has 0 saturated heterocycles. The van der Waals surface area contributed by atoms with Crippen molar-refractivity contribution >= 4 is 21.9 Å². The van der Waals surface area contributed by atoms with Crippen LogP contribution >= 0.6 is 15.9 Å². The highest BCUT2D eigenvalue weighted by Crippen LogP contribution is 2.22. The molecule has 0 amide bonds. The fraction of sp³-hybridized carbons (Fsp3) is 0.300. The number of phenolic OH excluding ortho intramolecular Hbond substituents is 1. The van der Waals surface area contributed by atoms with Crippen molar-refractivity contribution in [2.24, 2.45) is 0 Å². The van der Waals surface area contributed by atoms with Crippen molar-refractivity contribution in [1.29, 1.82) is 0 Å². The smallest absolute Gasteiger partial charge is 0.317 e. The van der Waals surface area contributed by atoms with Crippen molar-refractivity contribution < 1.29 is 15.0 Å². The number of hydrogen-bond acceptors (Lipinski definition) is 3. The second-order valence-electron chi connectivity index (χ2n) is 3.34. The number of likely N-dealkylation sites (N-methyl/N-ethyl adjacent to an activating group) is 1. The second-order valence-corrected chi connectivity index (χ2v) is 4.25. The number of carboxylic acid groups (broad SMARTS) is 1.